The van der Waals surface area contributed by atoms with Gasteiger partial charge >= 0.3 is 0 Å². The van der Waals surface area contributed by atoms with Gasteiger partial charge < -0.3 is 32.1 Å². The zero-order chi connectivity index (χ0) is 24.5. The molecule has 0 rings (SSSR count). The summed E-state index contributed by atoms with van der Waals surface area (Å²) in [5.41, 5.74) is -2.18. The average molecular weight is 513 g/mol. The second kappa shape index (κ2) is 21.1. The Kier molecular flexibility index (Phi) is 23.1. The van der Waals surface area contributed by atoms with Gasteiger partial charge in [0.25, 0.3) is 10.1 Å². The fourth-order valence-corrected chi connectivity index (χ4v) is 5.62. The number of carbonyl (C=O) groups is 2. The minimum Gasteiger partial charge on any atom is -0.549 e. The Labute approximate surface area is 207 Å². The molecule has 0 radical (unpaired) electrons. The minimum absolute atomic E-state index is 0. The highest BCUT2D eigenvalue weighted by Crippen LogP contribution is 2.38. The van der Waals surface area contributed by atoms with Gasteiger partial charge in [0, 0.05) is 11.4 Å². The Balaban J connectivity index is -0.00000480. The Morgan fingerprint density at radius 2 is 0.971 bits per heavy atom. The van der Waals surface area contributed by atoms with Crippen LogP contribution in [-0.4, -0.2) is 30.2 Å². The fourth-order valence-electron chi connectivity index (χ4n) is 4.48. The number of hydrogen-bond donors (Lipinski definition) is 3. The van der Waals surface area contributed by atoms with Crippen molar-refractivity contribution in [3.63, 3.8) is 0 Å². The van der Waals surface area contributed by atoms with E-state index in [0.29, 0.717) is 25.7 Å². The van der Waals surface area contributed by atoms with Gasteiger partial charge in [0.05, 0.1) is 5.97 Å². The number of rotatable bonds is 22. The Morgan fingerprint density at radius 3 is 1.21 bits per heavy atom. The molecule has 34 heavy (non-hydrogen) atoms. The van der Waals surface area contributed by atoms with E-state index < -0.39 is 32.7 Å². The molecule has 1 atom stereocenters. The number of quaternary nitrogens is 2. The average Bonchev–Trinajstić information content (AvgIpc) is 2.70. The highest BCUT2D eigenvalue weighted by molar-refractivity contribution is 7.87. The molecule has 0 saturated heterocycles. The van der Waals surface area contributed by atoms with Crippen molar-refractivity contribution in [3.05, 3.63) is 0 Å². The van der Waals surface area contributed by atoms with Crippen LogP contribution in [0.3, 0.4) is 0 Å². The summed E-state index contributed by atoms with van der Waals surface area (Å²) < 4.78 is 33.2. The maximum absolute atomic E-state index is 12.1. The van der Waals surface area contributed by atoms with Crippen molar-refractivity contribution in [1.29, 1.82) is 0 Å². The predicted octanol–water partition coefficient (Wildman–Crippen LogP) is 4.54. The third-order valence-corrected chi connectivity index (χ3v) is 7.61. The summed E-state index contributed by atoms with van der Waals surface area (Å²) >= 11 is 0. The zero-order valence-corrected chi connectivity index (χ0v) is 22.9. The molecule has 0 heterocycles. The number of carbonyl (C=O) groups excluding carboxylic acids is 2. The molecule has 9 nitrogen and oxygen atoms in total. The van der Waals surface area contributed by atoms with E-state index in [2.05, 4.69) is 13.8 Å². The van der Waals surface area contributed by atoms with E-state index in [-0.39, 0.29) is 25.1 Å². The molecule has 0 aliphatic rings. The van der Waals surface area contributed by atoms with E-state index in [1.165, 1.54) is 12.8 Å². The van der Waals surface area contributed by atoms with Crippen molar-refractivity contribution < 1.29 is 32.8 Å². The molecule has 0 saturated carbocycles. The highest BCUT2D eigenvalue weighted by atomic mass is 32.2. The van der Waals surface area contributed by atoms with E-state index in [0.717, 1.165) is 64.2 Å². The van der Waals surface area contributed by atoms with Crippen molar-refractivity contribution in [1.82, 2.24) is 12.3 Å². The second-order valence-corrected chi connectivity index (χ2v) is 10.6. The van der Waals surface area contributed by atoms with Crippen LogP contribution < -0.4 is 22.5 Å². The quantitative estimate of drug-likeness (QED) is 0.139. The molecule has 0 bridgehead atoms. The van der Waals surface area contributed by atoms with Gasteiger partial charge in [-0.2, -0.15) is 8.42 Å². The van der Waals surface area contributed by atoms with E-state index in [4.69, 9.17) is 0 Å². The number of unbranched alkanes of at least 4 members (excludes halogenated alkanes) is 14. The van der Waals surface area contributed by atoms with Gasteiger partial charge in [-0.15, -0.1) is 0 Å². The van der Waals surface area contributed by atoms with Gasteiger partial charge in [0.1, 0.15) is 5.25 Å². The predicted molar refractivity (Wildman–Crippen MR) is 134 cm³/mol. The summed E-state index contributed by atoms with van der Waals surface area (Å²) in [6.07, 6.45) is 14.6. The number of carboxylic acid groups (broad SMARTS) is 2. The first kappa shape index (κ1) is 37.3. The molecule has 0 amide bonds. The van der Waals surface area contributed by atoms with Crippen LogP contribution in [0.4, 0.5) is 0 Å². The molecule has 10 heteroatoms. The van der Waals surface area contributed by atoms with Crippen molar-refractivity contribution in [2.24, 2.45) is 5.41 Å². The summed E-state index contributed by atoms with van der Waals surface area (Å²) in [6, 6.07) is 0. The van der Waals surface area contributed by atoms with Crippen LogP contribution in [0.25, 0.3) is 0 Å². The molecule has 9 N–H and O–H groups in total. The molecular formula is C24H52N2O7S. The van der Waals surface area contributed by atoms with Crippen molar-refractivity contribution in [2.75, 3.05) is 0 Å². The van der Waals surface area contributed by atoms with Crippen LogP contribution in [0.2, 0.25) is 0 Å². The smallest absolute Gasteiger partial charge is 0.274 e. The maximum Gasteiger partial charge on any atom is 0.274 e. The summed E-state index contributed by atoms with van der Waals surface area (Å²) in [5, 5.41) is 21.2. The first-order valence-electron chi connectivity index (χ1n) is 12.5. The first-order valence-corrected chi connectivity index (χ1v) is 14.0. The second-order valence-electron chi connectivity index (χ2n) is 9.11. The van der Waals surface area contributed by atoms with Crippen LogP contribution in [0.5, 0.6) is 0 Å². The normalized spacial score (nSPS) is 12.4. The topological polar surface area (TPSA) is 208 Å². The summed E-state index contributed by atoms with van der Waals surface area (Å²) in [7, 11) is -5.16. The molecule has 0 spiro atoms. The number of carboxylic acids is 2. The first-order chi connectivity index (χ1) is 15.1. The Morgan fingerprint density at radius 1 is 0.676 bits per heavy atom. The third-order valence-electron chi connectivity index (χ3n) is 6.37. The van der Waals surface area contributed by atoms with Crippen LogP contribution in [-0.2, 0) is 19.7 Å². The van der Waals surface area contributed by atoms with E-state index >= 15 is 0 Å². The fraction of sp³-hybridized carbons (Fsp3) is 0.917. The van der Waals surface area contributed by atoms with Gasteiger partial charge in [-0.3, -0.25) is 4.55 Å². The van der Waals surface area contributed by atoms with Crippen molar-refractivity contribution in [2.45, 2.75) is 135 Å². The van der Waals surface area contributed by atoms with E-state index in [9.17, 15) is 32.8 Å². The molecule has 0 aromatic carbocycles. The van der Waals surface area contributed by atoms with Gasteiger partial charge in [0.2, 0.25) is 0 Å². The summed E-state index contributed by atoms with van der Waals surface area (Å²) in [4.78, 5) is 23.7. The van der Waals surface area contributed by atoms with Crippen molar-refractivity contribution >= 4 is 22.1 Å². The lowest BCUT2D eigenvalue weighted by atomic mass is 9.74. The Hall–Kier alpha value is -1.23. The van der Waals surface area contributed by atoms with Crippen LogP contribution in [0.15, 0.2) is 0 Å². The minimum atomic E-state index is -5.16. The largest absolute Gasteiger partial charge is 0.549 e. The molecule has 206 valence electrons. The number of hydrogen-bond acceptors (Lipinski definition) is 6. The number of aliphatic carboxylic acids is 2. The lowest BCUT2D eigenvalue weighted by molar-refractivity contribution is -0.328. The van der Waals surface area contributed by atoms with Crippen molar-refractivity contribution in [3.8, 4) is 0 Å². The highest BCUT2D eigenvalue weighted by Gasteiger charge is 2.47. The van der Waals surface area contributed by atoms with Crippen LogP contribution in [0.1, 0.15) is 129 Å². The molecule has 0 aliphatic carbocycles. The molecule has 0 aliphatic heterocycles. The van der Waals surface area contributed by atoms with Crippen LogP contribution in [0, 0.1) is 5.41 Å². The third kappa shape index (κ3) is 14.9. The summed E-state index contributed by atoms with van der Waals surface area (Å²) in [5.74, 6) is -3.83. The van der Waals surface area contributed by atoms with Crippen LogP contribution >= 0.6 is 0 Å². The van der Waals surface area contributed by atoms with Gasteiger partial charge in [-0.1, -0.05) is 117 Å². The maximum atomic E-state index is 12.1. The zero-order valence-electron chi connectivity index (χ0n) is 22.1. The molecule has 1 unspecified atom stereocenters. The standard InChI is InChI=1S/C24H46O7S.2H3N/c1-3-5-7-9-11-13-15-17-19-24(23(27)28,21(22(25)26)32(29,30)31)20-18-16-14-12-10-8-6-4-2;;/h21H,3-20H2,1-2H3,(H,25,26)(H,27,28)(H,29,30,31);2*1H3. The van der Waals surface area contributed by atoms with Gasteiger partial charge in [-0.05, 0) is 12.8 Å². The molecule has 0 aromatic rings. The summed E-state index contributed by atoms with van der Waals surface area (Å²) in [6.45, 7) is 4.27. The van der Waals surface area contributed by atoms with E-state index in [1.54, 1.807) is 0 Å². The lowest BCUT2D eigenvalue weighted by Crippen LogP contribution is -2.59. The Bertz CT molecular complexity index is 607. The SMILES string of the molecule is CCCCCCCCCCC(CCCCCCCCCC)(C(=O)[O-])C(C(=O)[O-])S(=O)(=O)O.[NH4+].[NH4+]. The molecular weight excluding hydrogens is 460 g/mol. The van der Waals surface area contributed by atoms with Gasteiger partial charge in [0.15, 0.2) is 0 Å². The monoisotopic (exact) mass is 512 g/mol. The molecule has 0 fully saturated rings. The lowest BCUT2D eigenvalue weighted by Gasteiger charge is -2.40. The van der Waals surface area contributed by atoms with Gasteiger partial charge in [-0.25, -0.2) is 0 Å². The molecule has 0 aromatic heterocycles. The van der Waals surface area contributed by atoms with E-state index in [1.807, 2.05) is 0 Å².